The van der Waals surface area contributed by atoms with Crippen molar-refractivity contribution in [3.05, 3.63) is 237 Å². The number of benzene rings is 10. The van der Waals surface area contributed by atoms with E-state index in [9.17, 15) is 8.22 Å². The average molecular weight is 1340 g/mol. The van der Waals surface area contributed by atoms with Crippen LogP contribution < -0.4 is 9.80 Å². The van der Waals surface area contributed by atoms with Gasteiger partial charge in [-0.25, -0.2) is 0 Å². The summed E-state index contributed by atoms with van der Waals surface area (Å²) in [7, 11) is 0. The van der Waals surface area contributed by atoms with Crippen molar-refractivity contribution in [1.82, 2.24) is 9.13 Å². The van der Waals surface area contributed by atoms with Crippen LogP contribution in [-0.2, 0) is 0 Å². The summed E-state index contributed by atoms with van der Waals surface area (Å²) >= 11 is 0. The van der Waals surface area contributed by atoms with E-state index in [0.29, 0.717) is 33.6 Å². The highest BCUT2D eigenvalue weighted by molar-refractivity contribution is 6.17. The lowest BCUT2D eigenvalue weighted by Crippen LogP contribution is -2.20. The van der Waals surface area contributed by atoms with Crippen LogP contribution in [0.4, 0.5) is 34.1 Å². The van der Waals surface area contributed by atoms with Gasteiger partial charge in [0.05, 0.1) is 64.4 Å². The zero-order valence-corrected chi connectivity index (χ0v) is 67.8. The number of aromatic nitrogens is 2. The molecule has 0 aliphatic carbocycles. The zero-order chi connectivity index (χ0) is 79.0. The Morgan fingerprint density at radius 1 is 0.190 bits per heavy atom. The summed E-state index contributed by atoms with van der Waals surface area (Å²) in [4.78, 5) is 4.53. The van der Waals surface area contributed by atoms with Gasteiger partial charge in [-0.15, -0.1) is 0 Å². The first-order valence-corrected chi connectivity index (χ1v) is 36.4. The number of hydrogen-bond acceptors (Lipinski definition) is 2. The van der Waals surface area contributed by atoms with E-state index in [4.69, 9.17) is 0 Å². The molecular weight excluding hydrogens is 1210 g/mol. The smallest absolute Gasteiger partial charge is 0.0648 e. The normalized spacial score (nSPS) is 12.8. The fourth-order valence-corrected chi connectivity index (χ4v) is 18.4. The summed E-state index contributed by atoms with van der Waals surface area (Å²) in [5, 5.41) is 5.26. The summed E-state index contributed by atoms with van der Waals surface area (Å²) in [5.74, 6) is 0. The molecule has 518 valence electrons. The topological polar surface area (TPSA) is 16.3 Å². The van der Waals surface area contributed by atoms with Crippen LogP contribution >= 0.6 is 0 Å². The summed E-state index contributed by atoms with van der Waals surface area (Å²) in [6, 6.07) is 1.12. The van der Waals surface area contributed by atoms with E-state index in [-0.39, 0.29) is 36.3 Å². The van der Waals surface area contributed by atoms with Gasteiger partial charge in [-0.1, -0.05) is 12.1 Å². The van der Waals surface area contributed by atoms with Gasteiger partial charge in [0.15, 0.2) is 0 Å². The third-order valence-electron chi connectivity index (χ3n) is 26.3. The van der Waals surface area contributed by atoms with Crippen molar-refractivity contribution in [1.29, 1.82) is 0 Å². The third kappa shape index (κ3) is 9.77. The minimum atomic E-state index is 0.170. The fraction of sp³-hybridized carbons (Fsp3) is 0.375. The maximum absolute atomic E-state index is 10.2. The number of hydrogen-bond donors (Lipinski definition) is 0. The molecule has 0 spiro atoms. The van der Waals surface area contributed by atoms with Crippen LogP contribution in [0.2, 0.25) is 0 Å². The molecule has 0 fully saturated rings. The molecule has 10 aromatic carbocycles. The minimum Gasteiger partial charge on any atom is -0.309 e. The number of rotatable bonds is 9. The van der Waals surface area contributed by atoms with Crippen LogP contribution in [0.5, 0.6) is 0 Å². The van der Waals surface area contributed by atoms with E-state index in [1.807, 2.05) is 27.7 Å². The van der Waals surface area contributed by atoms with Gasteiger partial charge in [0.1, 0.15) is 0 Å². The lowest BCUT2D eigenvalue weighted by atomic mass is 9.80. The van der Waals surface area contributed by atoms with Crippen molar-refractivity contribution in [2.75, 3.05) is 9.80 Å². The molecule has 0 aliphatic heterocycles. The Morgan fingerprint density at radius 2 is 0.360 bits per heavy atom. The Balaban J connectivity index is 1.14. The predicted molar refractivity (Wildman–Crippen MR) is 440 cm³/mol. The third-order valence-corrected chi connectivity index (χ3v) is 26.3. The van der Waals surface area contributed by atoms with Crippen molar-refractivity contribution in [2.24, 2.45) is 0 Å². The first-order valence-electron chi connectivity index (χ1n) is 39.4. The second kappa shape index (κ2) is 24.6. The van der Waals surface area contributed by atoms with Gasteiger partial charge in [-0.2, -0.15) is 0 Å². The van der Waals surface area contributed by atoms with Crippen molar-refractivity contribution < 1.29 is 8.22 Å². The van der Waals surface area contributed by atoms with Crippen LogP contribution in [0.15, 0.2) is 36.3 Å². The number of nitrogens with zero attached hydrogens (tertiary/aromatic N) is 4. The van der Waals surface area contributed by atoms with Gasteiger partial charge < -0.3 is 18.9 Å². The van der Waals surface area contributed by atoms with E-state index in [0.717, 1.165) is 134 Å². The SMILES string of the molecule is [3H]c1c(C)c([3H])c(N(c2c(C)c(C)c(-c3c(C)c(C)c(N(c4c([3H])c(C)c([3H])c(C)c4[3H])c4c(C)c(C)c(-n5c6c(C)c(C)c(C)c(C)c6c6c(C)c(C)c(C)c(C)c65)c(C)c4C)c(C)c3C)c(C)c2C)c2c(C)c(C)c(-n3c4c(C)c(C)c(C)c(C)c4c4c(C)c(C)c(C)c(C)c43)c(C)c2C)c([3H])c1C. The maximum Gasteiger partial charge on any atom is 0.0648 e. The Hall–Kier alpha value is -8.60. The van der Waals surface area contributed by atoms with Gasteiger partial charge in [0.2, 0.25) is 0 Å². The molecule has 0 aliphatic rings. The molecule has 0 atom stereocenters. The van der Waals surface area contributed by atoms with E-state index in [1.165, 1.54) is 133 Å². The van der Waals surface area contributed by atoms with Crippen molar-refractivity contribution in [3.8, 4) is 22.5 Å². The Kier molecular flexibility index (Phi) is 15.6. The molecule has 12 aromatic rings. The first-order chi connectivity index (χ1) is 49.2. The first kappa shape index (κ1) is 63.6. The standard InChI is InChI=1S/C96H114N4/c1-43-37-44(2)40-79(39-43)97(89-71(29)75(33)91(76(34)72(89)30)99-93-63(21)51(9)47(5)55(13)83(93)84-56(14)48(6)52(10)64(22)94(84)99)87-67(25)59(17)81(60(18)68(87)26)82-61(19)69(27)88(70(28)62(82)20)98(80-41-45(3)38-46(4)42-80)90-73(31)77(35)92(78(36)74(90)32)100-95-65(23)53(11)49(7)57(15)85(95)86-58(16)50(8)54(12)66(24)96(86)100/h37-42H,1-36H3/i37T,38T,39T,40T,41T,42T. The lowest BCUT2D eigenvalue weighted by Gasteiger charge is -2.37. The highest BCUT2D eigenvalue weighted by Gasteiger charge is 2.35. The van der Waals surface area contributed by atoms with Gasteiger partial charge in [0, 0.05) is 32.9 Å². The van der Waals surface area contributed by atoms with E-state index in [1.54, 1.807) is 0 Å². The van der Waals surface area contributed by atoms with E-state index >= 15 is 0 Å². The maximum atomic E-state index is 10.2. The van der Waals surface area contributed by atoms with Crippen LogP contribution in [0.3, 0.4) is 0 Å². The Morgan fingerprint density at radius 3 is 0.550 bits per heavy atom. The van der Waals surface area contributed by atoms with E-state index < -0.39 is 0 Å². The largest absolute Gasteiger partial charge is 0.309 e. The molecule has 4 nitrogen and oxygen atoms in total. The highest BCUT2D eigenvalue weighted by atomic mass is 15.2. The number of aryl methyl sites for hydroxylation is 8. The molecular formula is C96H114N4. The van der Waals surface area contributed by atoms with Crippen LogP contribution in [0.25, 0.3) is 66.1 Å². The molecule has 2 heterocycles. The minimum absolute atomic E-state index is 0.170. The quantitative estimate of drug-likeness (QED) is 0.143. The van der Waals surface area contributed by atoms with Crippen molar-refractivity contribution >= 4 is 77.7 Å². The lowest BCUT2D eigenvalue weighted by molar-refractivity contribution is 1.05. The summed E-state index contributed by atoms with van der Waals surface area (Å²) < 4.78 is 64.6. The Bertz CT molecular complexity index is 5370. The molecule has 0 N–H and O–H groups in total. The molecule has 0 saturated carbocycles. The molecule has 0 unspecified atom stereocenters. The van der Waals surface area contributed by atoms with Crippen LogP contribution in [-0.4, -0.2) is 9.13 Å². The van der Waals surface area contributed by atoms with Gasteiger partial charge >= 0.3 is 0 Å². The molecule has 0 bridgehead atoms. The monoisotopic (exact) mass is 1330 g/mol. The molecule has 4 heteroatoms. The van der Waals surface area contributed by atoms with Gasteiger partial charge in [-0.05, 0) is 485 Å². The molecule has 100 heavy (non-hydrogen) atoms. The molecule has 2 aromatic heterocycles. The molecule has 12 rings (SSSR count). The molecule has 0 amide bonds. The summed E-state index contributed by atoms with van der Waals surface area (Å²) in [6.07, 6.45) is 0. The second-order valence-electron chi connectivity index (χ2n) is 31.0. The van der Waals surface area contributed by atoms with Gasteiger partial charge in [0.25, 0.3) is 0 Å². The van der Waals surface area contributed by atoms with Crippen molar-refractivity contribution in [2.45, 2.75) is 249 Å². The molecule has 0 saturated heterocycles. The highest BCUT2D eigenvalue weighted by Crippen LogP contribution is 2.55. The predicted octanol–water partition coefficient (Wildman–Crippen LogP) is 27.6. The molecule has 0 radical (unpaired) electrons. The second-order valence-corrected chi connectivity index (χ2v) is 31.0. The zero-order valence-electron chi connectivity index (χ0n) is 73.8. The van der Waals surface area contributed by atoms with Crippen molar-refractivity contribution in [3.63, 3.8) is 0 Å². The fourth-order valence-electron chi connectivity index (χ4n) is 18.4. The van der Waals surface area contributed by atoms with E-state index in [2.05, 4.69) is 240 Å². The van der Waals surface area contributed by atoms with Crippen LogP contribution in [0, 0.1) is 249 Å². The average Bonchev–Trinajstić information content (AvgIpc) is 1.59. The van der Waals surface area contributed by atoms with Crippen LogP contribution in [0.1, 0.15) is 209 Å². The summed E-state index contributed by atoms with van der Waals surface area (Å²) in [5.41, 5.74) is 54.4. The summed E-state index contributed by atoms with van der Waals surface area (Å²) in [6.45, 7) is 80.0. The van der Waals surface area contributed by atoms with Gasteiger partial charge in [-0.3, -0.25) is 0 Å². The number of anilines is 6. The number of fused-ring (bicyclic) bond motifs is 6. The Labute approximate surface area is 609 Å².